The molecule has 0 amide bonds. The van der Waals surface area contributed by atoms with E-state index in [0.29, 0.717) is 12.8 Å². The van der Waals surface area contributed by atoms with E-state index in [-0.39, 0.29) is 17.0 Å². The average molecular weight is 291 g/mol. The van der Waals surface area contributed by atoms with Crippen molar-refractivity contribution in [3.63, 3.8) is 0 Å². The lowest BCUT2D eigenvalue weighted by Crippen LogP contribution is -1.99. The van der Waals surface area contributed by atoms with Crippen LogP contribution in [0.1, 0.15) is 50.2 Å². The lowest BCUT2D eigenvalue weighted by molar-refractivity contribution is -0.426. The van der Waals surface area contributed by atoms with Crippen molar-refractivity contribution < 1.29 is 14.8 Å². The fraction of sp³-hybridized carbons (Fsp3) is 0.438. The number of aliphatic carboxylic acids is 1. The molecule has 1 N–H and O–H groups in total. The summed E-state index contributed by atoms with van der Waals surface area (Å²) < 4.78 is 0. The maximum Gasteiger partial charge on any atom is 0.303 e. The molecule has 0 saturated heterocycles. The van der Waals surface area contributed by atoms with E-state index in [2.05, 4.69) is 6.92 Å². The van der Waals surface area contributed by atoms with Crippen LogP contribution in [-0.2, 0) is 11.2 Å². The number of nitrogens with zero attached hydrogens (tertiary/aromatic N) is 1. The number of unbranched alkanes of at least 4 members (excludes halogenated alkanes) is 2. The highest BCUT2D eigenvalue weighted by Gasteiger charge is 2.10. The van der Waals surface area contributed by atoms with Crippen LogP contribution < -0.4 is 0 Å². The Labute approximate surface area is 124 Å². The summed E-state index contributed by atoms with van der Waals surface area (Å²) in [5.41, 5.74) is 1.84. The normalized spacial score (nSPS) is 11.4. The number of rotatable bonds is 9. The lowest BCUT2D eigenvalue weighted by Gasteiger charge is -2.02. The van der Waals surface area contributed by atoms with Crippen molar-refractivity contribution in [3.05, 3.63) is 51.2 Å². The fourth-order valence-electron chi connectivity index (χ4n) is 2.05. The number of hydrogen-bond donors (Lipinski definition) is 1. The van der Waals surface area contributed by atoms with Gasteiger partial charge in [0, 0.05) is 18.9 Å². The predicted octanol–water partition coefficient (Wildman–Crippen LogP) is 3.90. The number of allylic oxidation sites excluding steroid dienone is 1. The van der Waals surface area contributed by atoms with Crippen LogP contribution in [0.5, 0.6) is 0 Å². The molecule has 0 fully saturated rings. The zero-order valence-corrected chi connectivity index (χ0v) is 12.2. The van der Waals surface area contributed by atoms with Crippen molar-refractivity contribution >= 4 is 12.0 Å². The zero-order valence-electron chi connectivity index (χ0n) is 12.2. The molecule has 0 atom stereocenters. The van der Waals surface area contributed by atoms with Gasteiger partial charge in [0.1, 0.15) is 0 Å². The van der Waals surface area contributed by atoms with Gasteiger partial charge >= 0.3 is 5.97 Å². The Balaban J connectivity index is 2.81. The van der Waals surface area contributed by atoms with E-state index in [4.69, 9.17) is 5.11 Å². The Hall–Kier alpha value is -2.17. The maximum absolute atomic E-state index is 11.1. The number of carboxylic acid groups (broad SMARTS) is 1. The minimum Gasteiger partial charge on any atom is -0.481 e. The van der Waals surface area contributed by atoms with Crippen molar-refractivity contribution in [2.75, 3.05) is 0 Å². The highest BCUT2D eigenvalue weighted by atomic mass is 16.6. The van der Waals surface area contributed by atoms with Gasteiger partial charge in [-0.3, -0.25) is 14.9 Å². The van der Waals surface area contributed by atoms with Crippen LogP contribution in [0, 0.1) is 10.1 Å². The molecule has 114 valence electrons. The summed E-state index contributed by atoms with van der Waals surface area (Å²) >= 11 is 0. The molecule has 0 bridgehead atoms. The van der Waals surface area contributed by atoms with Gasteiger partial charge in [-0.1, -0.05) is 44.0 Å². The summed E-state index contributed by atoms with van der Waals surface area (Å²) in [4.78, 5) is 21.3. The molecule has 21 heavy (non-hydrogen) atoms. The van der Waals surface area contributed by atoms with Crippen molar-refractivity contribution in [1.82, 2.24) is 0 Å². The highest BCUT2D eigenvalue weighted by molar-refractivity contribution is 5.67. The van der Waals surface area contributed by atoms with E-state index in [1.807, 2.05) is 12.1 Å². The van der Waals surface area contributed by atoms with E-state index in [0.717, 1.165) is 30.4 Å². The molecule has 0 radical (unpaired) electrons. The Morgan fingerprint density at radius 1 is 1.33 bits per heavy atom. The van der Waals surface area contributed by atoms with Gasteiger partial charge in [-0.05, 0) is 24.0 Å². The summed E-state index contributed by atoms with van der Waals surface area (Å²) in [6.45, 7) is 2.06. The molecular weight excluding hydrogens is 270 g/mol. The van der Waals surface area contributed by atoms with Crippen molar-refractivity contribution in [2.45, 2.75) is 45.4 Å². The minimum absolute atomic E-state index is 0.0613. The van der Waals surface area contributed by atoms with Crippen molar-refractivity contribution in [1.29, 1.82) is 0 Å². The molecule has 5 nitrogen and oxygen atoms in total. The third kappa shape index (κ3) is 6.70. The van der Waals surface area contributed by atoms with Crippen LogP contribution in [0.3, 0.4) is 0 Å². The Kier molecular flexibility index (Phi) is 7.15. The van der Waals surface area contributed by atoms with Gasteiger partial charge in [-0.2, -0.15) is 0 Å². The molecule has 0 unspecified atom stereocenters. The number of aryl methyl sites for hydroxylation is 1. The molecule has 0 saturated carbocycles. The monoisotopic (exact) mass is 291 g/mol. The van der Waals surface area contributed by atoms with E-state index in [9.17, 15) is 14.9 Å². The molecule has 0 spiro atoms. The average Bonchev–Trinajstić information content (AvgIpc) is 2.44. The molecule has 1 rings (SSSR count). The molecule has 0 heterocycles. The number of benzene rings is 1. The number of nitro groups is 1. The summed E-state index contributed by atoms with van der Waals surface area (Å²) in [5.74, 6) is -0.846. The Bertz CT molecular complexity index is 523. The van der Waals surface area contributed by atoms with Crippen LogP contribution in [0.2, 0.25) is 0 Å². The third-order valence-electron chi connectivity index (χ3n) is 3.18. The topological polar surface area (TPSA) is 80.4 Å². The van der Waals surface area contributed by atoms with Gasteiger partial charge in [-0.25, -0.2) is 0 Å². The maximum atomic E-state index is 11.1. The van der Waals surface area contributed by atoms with E-state index >= 15 is 0 Å². The second-order valence-electron chi connectivity index (χ2n) is 4.99. The summed E-state index contributed by atoms with van der Waals surface area (Å²) in [5, 5.41) is 19.7. The second-order valence-corrected chi connectivity index (χ2v) is 4.99. The molecule has 0 aromatic heterocycles. The minimum atomic E-state index is -0.846. The van der Waals surface area contributed by atoms with Gasteiger partial charge in [0.15, 0.2) is 0 Å². The number of carboxylic acids is 1. The molecule has 5 heteroatoms. The molecular formula is C16H21NO4. The SMILES string of the molecule is CCCCC/C(=C\c1cccc(CCC(=O)O)c1)[N+](=O)[O-]. The fourth-order valence-corrected chi connectivity index (χ4v) is 2.05. The first kappa shape index (κ1) is 16.9. The van der Waals surface area contributed by atoms with Crippen molar-refractivity contribution in [2.24, 2.45) is 0 Å². The van der Waals surface area contributed by atoms with E-state index < -0.39 is 5.97 Å². The number of carbonyl (C=O) groups is 1. The smallest absolute Gasteiger partial charge is 0.303 e. The quantitative estimate of drug-likeness (QED) is 0.425. The Morgan fingerprint density at radius 2 is 2.10 bits per heavy atom. The third-order valence-corrected chi connectivity index (χ3v) is 3.18. The standard InChI is InChI=1S/C16H21NO4/c1-2-3-4-8-15(17(20)21)12-14-7-5-6-13(11-14)9-10-16(18)19/h5-7,11-12H,2-4,8-10H2,1H3,(H,18,19)/b15-12+. The van der Waals surface area contributed by atoms with E-state index in [1.54, 1.807) is 18.2 Å². The highest BCUT2D eigenvalue weighted by Crippen LogP contribution is 2.16. The molecule has 1 aromatic rings. The van der Waals surface area contributed by atoms with Crippen LogP contribution >= 0.6 is 0 Å². The van der Waals surface area contributed by atoms with Gasteiger partial charge < -0.3 is 5.11 Å². The van der Waals surface area contributed by atoms with Crippen LogP contribution in [-0.4, -0.2) is 16.0 Å². The van der Waals surface area contributed by atoms with Gasteiger partial charge in [-0.15, -0.1) is 0 Å². The summed E-state index contributed by atoms with van der Waals surface area (Å²) in [6, 6.07) is 7.25. The van der Waals surface area contributed by atoms with Crippen molar-refractivity contribution in [3.8, 4) is 0 Å². The largest absolute Gasteiger partial charge is 0.481 e. The molecule has 0 aliphatic rings. The Morgan fingerprint density at radius 3 is 2.71 bits per heavy atom. The first-order chi connectivity index (χ1) is 10.0. The number of hydrogen-bond acceptors (Lipinski definition) is 3. The van der Waals surface area contributed by atoms with Crippen LogP contribution in [0.4, 0.5) is 0 Å². The zero-order chi connectivity index (χ0) is 15.7. The molecule has 1 aromatic carbocycles. The van der Waals surface area contributed by atoms with Crippen LogP contribution in [0.15, 0.2) is 30.0 Å². The molecule has 0 aliphatic heterocycles. The van der Waals surface area contributed by atoms with E-state index in [1.165, 1.54) is 0 Å². The van der Waals surface area contributed by atoms with Crippen LogP contribution in [0.25, 0.3) is 6.08 Å². The second kappa shape index (κ2) is 8.89. The predicted molar refractivity (Wildman–Crippen MR) is 81.5 cm³/mol. The first-order valence-corrected chi connectivity index (χ1v) is 7.18. The van der Waals surface area contributed by atoms with Gasteiger partial charge in [0.2, 0.25) is 5.70 Å². The summed E-state index contributed by atoms with van der Waals surface area (Å²) in [7, 11) is 0. The van der Waals surface area contributed by atoms with Gasteiger partial charge in [0.05, 0.1) is 4.92 Å². The summed E-state index contributed by atoms with van der Waals surface area (Å²) in [6.07, 6.45) is 5.34. The first-order valence-electron chi connectivity index (χ1n) is 7.18. The van der Waals surface area contributed by atoms with Gasteiger partial charge in [0.25, 0.3) is 0 Å². The molecule has 0 aliphatic carbocycles. The lowest BCUT2D eigenvalue weighted by atomic mass is 10.0.